The van der Waals surface area contributed by atoms with Crippen molar-refractivity contribution in [3.8, 4) is 0 Å². The molecule has 1 rings (SSSR count). The fourth-order valence-corrected chi connectivity index (χ4v) is 1.92. The van der Waals surface area contributed by atoms with Crippen LogP contribution in [-0.2, 0) is 4.79 Å². The number of aliphatic hydroxyl groups is 1. The van der Waals surface area contributed by atoms with Crippen molar-refractivity contribution in [1.82, 2.24) is 5.32 Å². The lowest BCUT2D eigenvalue weighted by molar-refractivity contribution is -0.118. The molecular weight excluding hydrogens is 198 g/mol. The van der Waals surface area contributed by atoms with Gasteiger partial charge in [-0.2, -0.15) is 0 Å². The Morgan fingerprint density at radius 1 is 1.64 bits per heavy atom. The molecule has 0 aromatic rings. The van der Waals surface area contributed by atoms with Gasteiger partial charge in [0.15, 0.2) is 0 Å². The van der Waals surface area contributed by atoms with Crippen molar-refractivity contribution >= 4 is 17.7 Å². The Labute approximate surface area is 89.6 Å². The average molecular weight is 217 g/mol. The van der Waals surface area contributed by atoms with Crippen molar-refractivity contribution in [2.45, 2.75) is 31.4 Å². The minimum atomic E-state index is 0.131. The van der Waals surface area contributed by atoms with Gasteiger partial charge in [0.2, 0.25) is 5.91 Å². The lowest BCUT2D eigenvalue weighted by Gasteiger charge is -2.09. The molecule has 0 saturated heterocycles. The SMILES string of the molecule is CC(CCO)SCC(=O)NCC1CC1. The van der Waals surface area contributed by atoms with Gasteiger partial charge in [0.05, 0.1) is 5.75 Å². The number of hydrogen-bond donors (Lipinski definition) is 2. The Bertz CT molecular complexity index is 183. The van der Waals surface area contributed by atoms with E-state index >= 15 is 0 Å². The van der Waals surface area contributed by atoms with E-state index < -0.39 is 0 Å². The molecule has 1 amide bonds. The van der Waals surface area contributed by atoms with Crippen molar-refractivity contribution < 1.29 is 9.90 Å². The highest BCUT2D eigenvalue weighted by Crippen LogP contribution is 2.27. The molecule has 1 fully saturated rings. The number of carbonyl (C=O) groups is 1. The summed E-state index contributed by atoms with van der Waals surface area (Å²) >= 11 is 1.61. The fourth-order valence-electron chi connectivity index (χ4n) is 1.11. The minimum absolute atomic E-state index is 0.131. The Hall–Kier alpha value is -0.220. The highest BCUT2D eigenvalue weighted by Gasteiger charge is 2.21. The second kappa shape index (κ2) is 6.30. The molecule has 0 radical (unpaired) electrons. The molecule has 0 aromatic carbocycles. The largest absolute Gasteiger partial charge is 0.396 e. The number of hydrogen-bond acceptors (Lipinski definition) is 3. The van der Waals surface area contributed by atoms with E-state index in [-0.39, 0.29) is 12.5 Å². The van der Waals surface area contributed by atoms with Crippen molar-refractivity contribution in [1.29, 1.82) is 0 Å². The Kier molecular flexibility index (Phi) is 5.33. The van der Waals surface area contributed by atoms with E-state index in [1.165, 1.54) is 12.8 Å². The van der Waals surface area contributed by atoms with E-state index in [0.717, 1.165) is 18.9 Å². The van der Waals surface area contributed by atoms with Crippen LogP contribution in [0.25, 0.3) is 0 Å². The maximum absolute atomic E-state index is 11.3. The van der Waals surface area contributed by atoms with Crippen LogP contribution in [0, 0.1) is 5.92 Å². The Morgan fingerprint density at radius 2 is 2.36 bits per heavy atom. The van der Waals surface area contributed by atoms with E-state index in [9.17, 15) is 4.79 Å². The van der Waals surface area contributed by atoms with Crippen LogP contribution in [0.4, 0.5) is 0 Å². The molecule has 14 heavy (non-hydrogen) atoms. The summed E-state index contributed by atoms with van der Waals surface area (Å²) in [6.07, 6.45) is 3.31. The van der Waals surface area contributed by atoms with Gasteiger partial charge in [-0.05, 0) is 25.2 Å². The van der Waals surface area contributed by atoms with Crippen molar-refractivity contribution in [2.24, 2.45) is 5.92 Å². The molecule has 1 aliphatic rings. The van der Waals surface area contributed by atoms with Crippen LogP contribution in [0.15, 0.2) is 0 Å². The van der Waals surface area contributed by atoms with Crippen LogP contribution in [0.2, 0.25) is 0 Å². The number of rotatable bonds is 7. The van der Waals surface area contributed by atoms with Crippen molar-refractivity contribution in [3.63, 3.8) is 0 Å². The number of amides is 1. The summed E-state index contributed by atoms with van der Waals surface area (Å²) in [6, 6.07) is 0. The molecule has 82 valence electrons. The first-order chi connectivity index (χ1) is 6.72. The highest BCUT2D eigenvalue weighted by molar-refractivity contribution is 8.00. The van der Waals surface area contributed by atoms with E-state index in [1.54, 1.807) is 11.8 Å². The van der Waals surface area contributed by atoms with Crippen LogP contribution in [0.3, 0.4) is 0 Å². The summed E-state index contributed by atoms with van der Waals surface area (Å²) in [5.41, 5.74) is 0. The Morgan fingerprint density at radius 3 is 2.93 bits per heavy atom. The quantitative estimate of drug-likeness (QED) is 0.669. The van der Waals surface area contributed by atoms with E-state index in [0.29, 0.717) is 11.0 Å². The number of carbonyl (C=O) groups excluding carboxylic acids is 1. The van der Waals surface area contributed by atoms with Crippen molar-refractivity contribution in [2.75, 3.05) is 18.9 Å². The lowest BCUT2D eigenvalue weighted by Crippen LogP contribution is -2.27. The van der Waals surface area contributed by atoms with Crippen LogP contribution in [0.5, 0.6) is 0 Å². The third kappa shape index (κ3) is 5.50. The van der Waals surface area contributed by atoms with Crippen LogP contribution in [0.1, 0.15) is 26.2 Å². The minimum Gasteiger partial charge on any atom is -0.396 e. The van der Waals surface area contributed by atoms with Gasteiger partial charge in [-0.3, -0.25) is 4.79 Å². The van der Waals surface area contributed by atoms with Crippen LogP contribution >= 0.6 is 11.8 Å². The smallest absolute Gasteiger partial charge is 0.230 e. The molecule has 0 heterocycles. The molecule has 3 nitrogen and oxygen atoms in total. The highest BCUT2D eigenvalue weighted by atomic mass is 32.2. The standard InChI is InChI=1S/C10H19NO2S/c1-8(4-5-12)14-7-10(13)11-6-9-2-3-9/h8-9,12H,2-7H2,1H3,(H,11,13). The normalized spacial score (nSPS) is 17.9. The fraction of sp³-hybridized carbons (Fsp3) is 0.900. The maximum atomic E-state index is 11.3. The maximum Gasteiger partial charge on any atom is 0.230 e. The molecule has 1 aliphatic carbocycles. The zero-order valence-corrected chi connectivity index (χ0v) is 9.48. The molecule has 4 heteroatoms. The van der Waals surface area contributed by atoms with Crippen molar-refractivity contribution in [3.05, 3.63) is 0 Å². The molecule has 0 bridgehead atoms. The lowest BCUT2D eigenvalue weighted by atomic mass is 10.3. The van der Waals surface area contributed by atoms with Gasteiger partial charge in [0.25, 0.3) is 0 Å². The number of thioether (sulfide) groups is 1. The zero-order chi connectivity index (χ0) is 10.4. The summed E-state index contributed by atoms with van der Waals surface area (Å²) in [7, 11) is 0. The molecule has 1 unspecified atom stereocenters. The van der Waals surface area contributed by atoms with Crippen LogP contribution in [-0.4, -0.2) is 35.2 Å². The van der Waals surface area contributed by atoms with E-state index in [2.05, 4.69) is 5.32 Å². The average Bonchev–Trinajstić information content (AvgIpc) is 2.95. The van der Waals surface area contributed by atoms with Gasteiger partial charge in [-0.25, -0.2) is 0 Å². The number of nitrogens with one attached hydrogen (secondary N) is 1. The molecule has 2 N–H and O–H groups in total. The second-order valence-corrected chi connectivity index (χ2v) is 5.31. The molecule has 1 saturated carbocycles. The third-order valence-electron chi connectivity index (χ3n) is 2.32. The summed E-state index contributed by atoms with van der Waals surface area (Å²) in [6.45, 7) is 3.10. The van der Waals surface area contributed by atoms with Gasteiger partial charge in [-0.15, -0.1) is 11.8 Å². The van der Waals surface area contributed by atoms with Gasteiger partial charge < -0.3 is 10.4 Å². The van der Waals surface area contributed by atoms with Gasteiger partial charge in [0.1, 0.15) is 0 Å². The Balaban J connectivity index is 1.95. The van der Waals surface area contributed by atoms with Crippen LogP contribution < -0.4 is 5.32 Å². The molecule has 0 aromatic heterocycles. The molecule has 1 atom stereocenters. The summed E-state index contributed by atoms with van der Waals surface area (Å²) < 4.78 is 0. The molecule has 0 spiro atoms. The summed E-state index contributed by atoms with van der Waals surface area (Å²) in [4.78, 5) is 11.3. The summed E-state index contributed by atoms with van der Waals surface area (Å²) in [5.74, 6) is 1.40. The topological polar surface area (TPSA) is 49.3 Å². The molecular formula is C10H19NO2S. The predicted octanol–water partition coefficient (Wildman–Crippen LogP) is 1.02. The first kappa shape index (κ1) is 11.9. The molecule has 0 aliphatic heterocycles. The predicted molar refractivity (Wildman–Crippen MR) is 59.4 cm³/mol. The monoisotopic (exact) mass is 217 g/mol. The van der Waals surface area contributed by atoms with E-state index in [4.69, 9.17) is 5.11 Å². The van der Waals surface area contributed by atoms with Gasteiger partial charge >= 0.3 is 0 Å². The van der Waals surface area contributed by atoms with Gasteiger partial charge in [0, 0.05) is 18.4 Å². The summed E-state index contributed by atoms with van der Waals surface area (Å²) in [5, 5.41) is 12.0. The second-order valence-electron chi connectivity index (χ2n) is 3.88. The zero-order valence-electron chi connectivity index (χ0n) is 8.66. The third-order valence-corrected chi connectivity index (χ3v) is 3.55. The first-order valence-electron chi connectivity index (χ1n) is 5.21. The first-order valence-corrected chi connectivity index (χ1v) is 6.26. The number of aliphatic hydroxyl groups excluding tert-OH is 1. The van der Waals surface area contributed by atoms with Gasteiger partial charge in [-0.1, -0.05) is 6.92 Å². The van der Waals surface area contributed by atoms with E-state index in [1.807, 2.05) is 6.92 Å².